The molecule has 2 N–H and O–H groups in total. The van der Waals surface area contributed by atoms with Crippen molar-refractivity contribution in [1.29, 1.82) is 0 Å². The number of piperidine rings is 1. The minimum absolute atomic E-state index is 0.102. The molecule has 198 valence electrons. The van der Waals surface area contributed by atoms with E-state index in [1.54, 1.807) is 4.68 Å². The molecule has 7 rings (SSSR count). The molecule has 3 heterocycles. The lowest BCUT2D eigenvalue weighted by molar-refractivity contribution is -0.0453. The molecule has 8 heteroatoms. The number of ether oxygens (including phenoxy) is 1. The number of phenols is 1. The highest BCUT2D eigenvalue weighted by Gasteiger charge is 2.64. The van der Waals surface area contributed by atoms with Crippen molar-refractivity contribution in [2.75, 3.05) is 25.5 Å². The predicted octanol–water partition coefficient (Wildman–Crippen LogP) is 2.63. The van der Waals surface area contributed by atoms with Gasteiger partial charge in [-0.2, -0.15) is 0 Å². The second-order valence-electron chi connectivity index (χ2n) is 11.5. The molecule has 5 atom stereocenters. The molecule has 8 nitrogen and oxygen atoms in total. The Labute approximate surface area is 222 Å². The number of aromatic nitrogens is 2. The van der Waals surface area contributed by atoms with Gasteiger partial charge in [0.15, 0.2) is 11.5 Å². The van der Waals surface area contributed by atoms with Crippen LogP contribution in [0.25, 0.3) is 5.69 Å². The Bertz CT molecular complexity index is 1540. The molecule has 1 saturated heterocycles. The normalized spacial score (nSPS) is 28.8. The number of rotatable bonds is 4. The molecule has 4 aliphatic rings. The van der Waals surface area contributed by atoms with Gasteiger partial charge in [0, 0.05) is 49.1 Å². The Balaban J connectivity index is 1.31. The molecule has 2 bridgehead atoms. The van der Waals surface area contributed by atoms with Crippen molar-refractivity contribution in [1.82, 2.24) is 14.3 Å². The monoisotopic (exact) mass is 514 g/mol. The Morgan fingerprint density at radius 3 is 2.71 bits per heavy atom. The zero-order valence-electron chi connectivity index (χ0n) is 22.3. The van der Waals surface area contributed by atoms with Crippen molar-refractivity contribution in [3.63, 3.8) is 0 Å². The van der Waals surface area contributed by atoms with Crippen LogP contribution in [0.15, 0.2) is 53.3 Å². The molecule has 3 aromatic rings. The molecule has 1 spiro atoms. The van der Waals surface area contributed by atoms with Gasteiger partial charge in [-0.3, -0.25) is 9.48 Å². The molecule has 1 fully saturated rings. The van der Waals surface area contributed by atoms with Gasteiger partial charge in [0.25, 0.3) is 5.56 Å². The number of benzene rings is 2. The van der Waals surface area contributed by atoms with Gasteiger partial charge in [-0.15, -0.1) is 0 Å². The molecule has 2 aliphatic heterocycles. The summed E-state index contributed by atoms with van der Waals surface area (Å²) in [5.74, 6) is 0.901. The van der Waals surface area contributed by atoms with Crippen molar-refractivity contribution in [2.24, 2.45) is 13.0 Å². The Morgan fingerprint density at radius 1 is 1.18 bits per heavy atom. The zero-order valence-corrected chi connectivity index (χ0v) is 22.3. The smallest absolute Gasteiger partial charge is 0.295 e. The van der Waals surface area contributed by atoms with Crippen LogP contribution in [-0.4, -0.2) is 63.4 Å². The summed E-state index contributed by atoms with van der Waals surface area (Å²) in [6, 6.07) is 12.0. The van der Waals surface area contributed by atoms with Gasteiger partial charge in [0.1, 0.15) is 17.9 Å². The molecule has 0 unspecified atom stereocenters. The highest BCUT2D eigenvalue weighted by molar-refractivity contribution is 5.65. The maximum atomic E-state index is 13.6. The Kier molecular flexibility index (Phi) is 4.98. The van der Waals surface area contributed by atoms with Crippen LogP contribution in [0.1, 0.15) is 28.8 Å². The zero-order chi connectivity index (χ0) is 26.5. The fraction of sp³-hybridized carbons (Fsp3) is 0.433. The van der Waals surface area contributed by atoms with Crippen LogP contribution in [0.2, 0.25) is 0 Å². The van der Waals surface area contributed by atoms with Crippen molar-refractivity contribution in [2.45, 2.75) is 50.0 Å². The fourth-order valence-electron chi connectivity index (χ4n) is 7.82. The van der Waals surface area contributed by atoms with E-state index in [1.807, 2.05) is 67.0 Å². The number of anilines is 1. The lowest BCUT2D eigenvalue weighted by Gasteiger charge is -2.56. The Morgan fingerprint density at radius 2 is 1.95 bits per heavy atom. The van der Waals surface area contributed by atoms with E-state index in [0.717, 1.165) is 41.9 Å². The van der Waals surface area contributed by atoms with E-state index in [0.29, 0.717) is 24.0 Å². The number of likely N-dealkylation sites (N-methyl/N-ethyl adjacent to an activating group) is 1. The van der Waals surface area contributed by atoms with E-state index in [1.165, 1.54) is 5.56 Å². The van der Waals surface area contributed by atoms with E-state index in [9.17, 15) is 15.0 Å². The largest absolute Gasteiger partial charge is 0.504 e. The van der Waals surface area contributed by atoms with Crippen LogP contribution in [0, 0.1) is 12.8 Å². The van der Waals surface area contributed by atoms with Gasteiger partial charge < -0.3 is 24.7 Å². The van der Waals surface area contributed by atoms with Gasteiger partial charge in [0.2, 0.25) is 0 Å². The molecule has 0 saturated carbocycles. The third-order valence-corrected chi connectivity index (χ3v) is 9.66. The lowest BCUT2D eigenvalue weighted by Crippen LogP contribution is -2.64. The summed E-state index contributed by atoms with van der Waals surface area (Å²) >= 11 is 0. The minimum Gasteiger partial charge on any atom is -0.504 e. The summed E-state index contributed by atoms with van der Waals surface area (Å²) in [6.45, 7) is 3.23. The first-order chi connectivity index (χ1) is 18.2. The van der Waals surface area contributed by atoms with E-state index >= 15 is 0 Å². The average molecular weight is 515 g/mol. The molecule has 2 aliphatic carbocycles. The van der Waals surface area contributed by atoms with Crippen molar-refractivity contribution in [3.8, 4) is 17.2 Å². The predicted molar refractivity (Wildman–Crippen MR) is 145 cm³/mol. The van der Waals surface area contributed by atoms with Gasteiger partial charge in [0.05, 0.1) is 11.4 Å². The van der Waals surface area contributed by atoms with Crippen LogP contribution in [0.3, 0.4) is 0 Å². The van der Waals surface area contributed by atoms with E-state index in [2.05, 4.69) is 24.1 Å². The summed E-state index contributed by atoms with van der Waals surface area (Å²) in [6.07, 6.45) is 4.70. The van der Waals surface area contributed by atoms with Crippen LogP contribution in [0.5, 0.6) is 11.5 Å². The quantitative estimate of drug-likeness (QED) is 0.521. The number of hydrogen-bond donors (Lipinski definition) is 2. The molecule has 0 amide bonds. The first-order valence-electron chi connectivity index (χ1n) is 13.4. The van der Waals surface area contributed by atoms with Crippen LogP contribution in [0.4, 0.5) is 5.69 Å². The van der Waals surface area contributed by atoms with Crippen molar-refractivity contribution >= 4 is 5.69 Å². The maximum absolute atomic E-state index is 13.6. The number of para-hydroxylation sites is 1. The molecular formula is C30H34N4O4. The van der Waals surface area contributed by atoms with Gasteiger partial charge in [-0.1, -0.05) is 30.4 Å². The lowest BCUT2D eigenvalue weighted by atomic mass is 9.53. The number of nitrogens with zero attached hydrogens (tertiary/aromatic N) is 4. The second kappa shape index (κ2) is 8.01. The molecule has 1 aromatic heterocycles. The van der Waals surface area contributed by atoms with Gasteiger partial charge >= 0.3 is 0 Å². The van der Waals surface area contributed by atoms with Crippen molar-refractivity contribution in [3.05, 3.63) is 81.3 Å². The number of aliphatic hydroxyl groups is 1. The van der Waals surface area contributed by atoms with E-state index in [4.69, 9.17) is 4.74 Å². The summed E-state index contributed by atoms with van der Waals surface area (Å²) in [5.41, 5.74) is 4.83. The molecule has 38 heavy (non-hydrogen) atoms. The highest BCUT2D eigenvalue weighted by Crippen LogP contribution is 2.63. The highest BCUT2D eigenvalue weighted by atomic mass is 16.5. The van der Waals surface area contributed by atoms with Crippen LogP contribution < -0.4 is 15.2 Å². The summed E-state index contributed by atoms with van der Waals surface area (Å²) in [5, 5.41) is 22.5. The molecule has 0 radical (unpaired) electrons. The van der Waals surface area contributed by atoms with Gasteiger partial charge in [-0.25, -0.2) is 4.68 Å². The summed E-state index contributed by atoms with van der Waals surface area (Å²) in [4.78, 5) is 17.9. The number of hydrogen-bond acceptors (Lipinski definition) is 6. The van der Waals surface area contributed by atoms with Gasteiger partial charge in [-0.05, 0) is 57.1 Å². The number of phenolic OH excluding ortho intramolecular Hbond substituents is 1. The standard InChI is InChI=1S/C30H34N4O4/c1-17-25(29(37)34(33(17)4)20-8-6-5-7-9-20)32(3)16-19-14-18-15-22-21-10-11-23(35)28-30(21,12-13-31(22)2)24(18)27(38-28)26(19)36/h5-11,14,21-23,28,35-36H,12-13,15-16H2,1-4H3/t21-,22+,23-,28-,30-/m0/s1. The minimum atomic E-state index is -0.706. The first-order valence-corrected chi connectivity index (χ1v) is 13.4. The number of aliphatic hydroxyl groups excluding tert-OH is 1. The Hall–Kier alpha value is -3.49. The van der Waals surface area contributed by atoms with E-state index in [-0.39, 0.29) is 22.6 Å². The third kappa shape index (κ3) is 2.90. The average Bonchev–Trinajstić information content (AvgIpc) is 3.36. The third-order valence-electron chi connectivity index (χ3n) is 9.66. The molecule has 2 aromatic carbocycles. The number of likely N-dealkylation sites (tertiary alicyclic amines) is 1. The molecular weight excluding hydrogens is 480 g/mol. The fourth-order valence-corrected chi connectivity index (χ4v) is 7.82. The van der Waals surface area contributed by atoms with Crippen LogP contribution in [-0.2, 0) is 25.4 Å². The summed E-state index contributed by atoms with van der Waals surface area (Å²) in [7, 11) is 5.96. The van der Waals surface area contributed by atoms with Crippen LogP contribution >= 0.6 is 0 Å². The topological polar surface area (TPSA) is 83.1 Å². The second-order valence-corrected chi connectivity index (χ2v) is 11.5. The summed E-state index contributed by atoms with van der Waals surface area (Å²) < 4.78 is 10.00. The SMILES string of the molecule is Cc1c(N(C)Cc2cc3c4c(c2O)O[C@H]2[C@@H](O)C=C[C@H]5[C@@H](C3)N(C)CC[C@@]452)c(=O)n(-c2ccccc2)n1C. The number of aromatic hydroxyl groups is 1. The first kappa shape index (κ1) is 23.6. The maximum Gasteiger partial charge on any atom is 0.295 e. The van der Waals surface area contributed by atoms with E-state index < -0.39 is 12.2 Å². The van der Waals surface area contributed by atoms with Crippen molar-refractivity contribution < 1.29 is 14.9 Å².